The molecule has 3 heterocycles. The van der Waals surface area contributed by atoms with Crippen LogP contribution < -0.4 is 10.2 Å². The maximum Gasteiger partial charge on any atom is 0.265 e. The molecule has 0 bridgehead atoms. The number of nitrogens with zero attached hydrogens (tertiary/aromatic N) is 2. The van der Waals surface area contributed by atoms with Crippen molar-refractivity contribution in [2.24, 2.45) is 0 Å². The van der Waals surface area contributed by atoms with Crippen LogP contribution in [0.25, 0.3) is 0 Å². The lowest BCUT2D eigenvalue weighted by molar-refractivity contribution is -0.118. The molecule has 1 fully saturated rings. The standard InChI is InChI=1S/C28H28ClN3O6S2/c29-25-7-8-27(39-25)40(36,37)18-23(33)15-19-1-4-22(5-2-19)32-26(34)17-20-16-21(3-6-24(20)28(32)35)30-9-10-31-11-13-38-14-12-31/h1-8,16,30H,9-15,17-18H2. The molecule has 1 aromatic heterocycles. The van der Waals surface area contributed by atoms with Crippen molar-refractivity contribution < 1.29 is 27.5 Å². The molecule has 3 aromatic rings. The molecule has 40 heavy (non-hydrogen) atoms. The van der Waals surface area contributed by atoms with Gasteiger partial charge < -0.3 is 10.1 Å². The highest BCUT2D eigenvalue weighted by molar-refractivity contribution is 7.94. The quantitative estimate of drug-likeness (QED) is 0.352. The lowest BCUT2D eigenvalue weighted by atomic mass is 9.97. The highest BCUT2D eigenvalue weighted by Gasteiger charge is 2.32. The predicted molar refractivity (Wildman–Crippen MR) is 154 cm³/mol. The van der Waals surface area contributed by atoms with Gasteiger partial charge in [0.1, 0.15) is 9.96 Å². The molecule has 0 saturated carbocycles. The Bertz CT molecular complexity index is 1530. The minimum atomic E-state index is -3.77. The molecule has 1 N–H and O–H groups in total. The number of hydrogen-bond donors (Lipinski definition) is 1. The van der Waals surface area contributed by atoms with E-state index >= 15 is 0 Å². The first kappa shape index (κ1) is 28.4. The summed E-state index contributed by atoms with van der Waals surface area (Å²) in [6.07, 6.45) is -0.00442. The van der Waals surface area contributed by atoms with E-state index in [1.54, 1.807) is 30.3 Å². The summed E-state index contributed by atoms with van der Waals surface area (Å²) in [6, 6.07) is 14.7. The van der Waals surface area contributed by atoms with Crippen LogP contribution in [0.3, 0.4) is 0 Å². The third kappa shape index (κ3) is 6.61. The van der Waals surface area contributed by atoms with Crippen LogP contribution in [0.4, 0.5) is 11.4 Å². The van der Waals surface area contributed by atoms with Crippen LogP contribution in [0.5, 0.6) is 0 Å². The van der Waals surface area contributed by atoms with Gasteiger partial charge in [0, 0.05) is 43.9 Å². The minimum absolute atomic E-state index is 0.0551. The van der Waals surface area contributed by atoms with Crippen molar-refractivity contribution in [3.05, 3.63) is 75.6 Å². The van der Waals surface area contributed by atoms with Crippen molar-refractivity contribution in [1.82, 2.24) is 4.90 Å². The highest BCUT2D eigenvalue weighted by Crippen LogP contribution is 2.29. The Morgan fingerprint density at radius 3 is 2.48 bits per heavy atom. The second-order valence-corrected chi connectivity index (χ2v) is 13.6. The third-order valence-corrected chi connectivity index (χ3v) is 10.3. The topological polar surface area (TPSA) is 113 Å². The highest BCUT2D eigenvalue weighted by atomic mass is 35.5. The molecule has 1 saturated heterocycles. The molecule has 2 amide bonds. The lowest BCUT2D eigenvalue weighted by Gasteiger charge is -2.28. The van der Waals surface area contributed by atoms with Gasteiger partial charge in [0.15, 0.2) is 15.6 Å². The lowest BCUT2D eigenvalue weighted by Crippen LogP contribution is -2.42. The summed E-state index contributed by atoms with van der Waals surface area (Å²) in [5.41, 5.74) is 2.98. The van der Waals surface area contributed by atoms with Crippen molar-refractivity contribution in [1.29, 1.82) is 0 Å². The van der Waals surface area contributed by atoms with E-state index < -0.39 is 27.3 Å². The number of halogens is 1. The molecule has 0 unspecified atom stereocenters. The molecule has 210 valence electrons. The van der Waals surface area contributed by atoms with E-state index in [-0.39, 0.29) is 23.0 Å². The van der Waals surface area contributed by atoms with Gasteiger partial charge in [0.25, 0.3) is 5.91 Å². The molecule has 12 heteroatoms. The molecule has 0 radical (unpaired) electrons. The zero-order valence-corrected chi connectivity index (χ0v) is 24.0. The first-order chi connectivity index (χ1) is 19.2. The van der Waals surface area contributed by atoms with Gasteiger partial charge in [0.2, 0.25) is 5.91 Å². The Labute approximate surface area is 241 Å². The van der Waals surface area contributed by atoms with E-state index in [2.05, 4.69) is 10.2 Å². The smallest absolute Gasteiger partial charge is 0.265 e. The summed E-state index contributed by atoms with van der Waals surface area (Å²) >= 11 is 6.73. The summed E-state index contributed by atoms with van der Waals surface area (Å²) in [5, 5.41) is 3.37. The average Bonchev–Trinajstić information content (AvgIpc) is 3.37. The number of rotatable bonds is 10. The fraction of sp³-hybridized carbons (Fsp3) is 0.321. The summed E-state index contributed by atoms with van der Waals surface area (Å²) in [6.45, 7) is 4.95. The zero-order chi connectivity index (χ0) is 28.3. The number of Topliss-reactive ketones (excluding diaryl/α,β-unsaturated/α-hetero) is 1. The van der Waals surface area contributed by atoms with E-state index in [9.17, 15) is 22.8 Å². The number of ketones is 1. The summed E-state index contributed by atoms with van der Waals surface area (Å²) in [5.74, 6) is -1.84. The number of ether oxygens (including phenoxy) is 1. The second kappa shape index (κ2) is 12.2. The first-order valence-electron chi connectivity index (χ1n) is 12.8. The number of anilines is 2. The van der Waals surface area contributed by atoms with Crippen LogP contribution in [-0.2, 0) is 37.0 Å². The second-order valence-electron chi connectivity index (χ2n) is 9.66. The fourth-order valence-corrected chi connectivity index (χ4v) is 7.58. The first-order valence-corrected chi connectivity index (χ1v) is 15.7. The van der Waals surface area contributed by atoms with E-state index in [0.717, 1.165) is 61.3 Å². The van der Waals surface area contributed by atoms with Gasteiger partial charge in [-0.2, -0.15) is 0 Å². The number of carbonyl (C=O) groups excluding carboxylic acids is 3. The number of benzene rings is 2. The maximum atomic E-state index is 13.3. The Balaban J connectivity index is 1.20. The van der Waals surface area contributed by atoms with Gasteiger partial charge in [-0.15, -0.1) is 11.3 Å². The molecule has 0 aliphatic carbocycles. The molecule has 9 nitrogen and oxygen atoms in total. The Kier molecular flexibility index (Phi) is 8.67. The summed E-state index contributed by atoms with van der Waals surface area (Å²) in [4.78, 5) is 42.2. The predicted octanol–water partition coefficient (Wildman–Crippen LogP) is 3.46. The molecule has 0 atom stereocenters. The molecular formula is C28H28ClN3O6S2. The van der Waals surface area contributed by atoms with Gasteiger partial charge in [-0.25, -0.2) is 13.3 Å². The summed E-state index contributed by atoms with van der Waals surface area (Å²) < 4.78 is 30.7. The maximum absolute atomic E-state index is 13.3. The van der Waals surface area contributed by atoms with Gasteiger partial charge in [-0.1, -0.05) is 23.7 Å². The molecule has 5 rings (SSSR count). The van der Waals surface area contributed by atoms with Gasteiger partial charge in [0.05, 0.1) is 29.7 Å². The van der Waals surface area contributed by atoms with Crippen molar-refractivity contribution in [2.75, 3.05) is 55.4 Å². The number of fused-ring (bicyclic) bond motifs is 1. The number of hydrogen-bond acceptors (Lipinski definition) is 9. The van der Waals surface area contributed by atoms with E-state index in [4.69, 9.17) is 16.3 Å². The number of amides is 2. The van der Waals surface area contributed by atoms with Crippen LogP contribution in [0.15, 0.2) is 58.8 Å². The van der Waals surface area contributed by atoms with E-state index in [0.29, 0.717) is 26.7 Å². The van der Waals surface area contributed by atoms with Gasteiger partial charge in [-0.05, 0) is 53.6 Å². The van der Waals surface area contributed by atoms with E-state index in [1.807, 2.05) is 12.1 Å². The number of morpholine rings is 1. The van der Waals surface area contributed by atoms with E-state index in [1.165, 1.54) is 12.1 Å². The molecule has 2 aliphatic heterocycles. The van der Waals surface area contributed by atoms with Crippen LogP contribution in [0.2, 0.25) is 4.34 Å². The Morgan fingerprint density at radius 2 is 1.77 bits per heavy atom. The number of carbonyl (C=O) groups is 3. The molecule has 0 spiro atoms. The number of sulfone groups is 1. The van der Waals surface area contributed by atoms with Gasteiger partial charge in [-0.3, -0.25) is 19.3 Å². The normalized spacial score (nSPS) is 16.2. The average molecular weight is 602 g/mol. The minimum Gasteiger partial charge on any atom is -0.384 e. The molecule has 2 aromatic carbocycles. The van der Waals surface area contributed by atoms with Crippen LogP contribution in [-0.4, -0.2) is 76.1 Å². The van der Waals surface area contributed by atoms with Crippen molar-refractivity contribution in [3.63, 3.8) is 0 Å². The monoisotopic (exact) mass is 601 g/mol. The Morgan fingerprint density at radius 1 is 1.02 bits per heavy atom. The number of imide groups is 1. The van der Waals surface area contributed by atoms with Crippen molar-refractivity contribution >= 4 is 61.7 Å². The largest absolute Gasteiger partial charge is 0.384 e. The van der Waals surface area contributed by atoms with Crippen LogP contribution in [0.1, 0.15) is 21.5 Å². The number of nitrogens with one attached hydrogen (secondary N) is 1. The van der Waals surface area contributed by atoms with Crippen LogP contribution in [0, 0.1) is 0 Å². The molecular weight excluding hydrogens is 574 g/mol. The third-order valence-electron chi connectivity index (χ3n) is 6.79. The summed E-state index contributed by atoms with van der Waals surface area (Å²) in [7, 11) is -3.77. The Hall–Kier alpha value is -3.09. The van der Waals surface area contributed by atoms with Crippen LogP contribution >= 0.6 is 22.9 Å². The fourth-order valence-electron chi connectivity index (χ4n) is 4.77. The molecule has 2 aliphatic rings. The van der Waals surface area contributed by atoms with Crippen molar-refractivity contribution in [3.8, 4) is 0 Å². The SMILES string of the molecule is O=C(Cc1ccc(N2C(=O)Cc3cc(NCCN4CCOCC4)ccc3C2=O)cc1)CS(=O)(=O)c1ccc(Cl)s1. The van der Waals surface area contributed by atoms with Crippen molar-refractivity contribution in [2.45, 2.75) is 17.1 Å². The van der Waals surface area contributed by atoms with Gasteiger partial charge >= 0.3 is 0 Å². The zero-order valence-electron chi connectivity index (χ0n) is 21.6. The number of thiophene rings is 1.